The highest BCUT2D eigenvalue weighted by atomic mass is 35.5. The summed E-state index contributed by atoms with van der Waals surface area (Å²) in [4.78, 5) is 0. The quantitative estimate of drug-likeness (QED) is 0.836. The van der Waals surface area contributed by atoms with Gasteiger partial charge < -0.3 is 10.8 Å². The number of rotatable bonds is 4. The van der Waals surface area contributed by atoms with E-state index in [4.69, 9.17) is 10.8 Å². The van der Waals surface area contributed by atoms with Crippen molar-refractivity contribution in [3.05, 3.63) is 35.1 Å². The van der Waals surface area contributed by atoms with E-state index in [-0.39, 0.29) is 31.0 Å². The van der Waals surface area contributed by atoms with Gasteiger partial charge in [0, 0.05) is 12.6 Å². The molecule has 0 aliphatic heterocycles. The molecule has 0 aromatic heterocycles. The van der Waals surface area contributed by atoms with Crippen LogP contribution in [0.15, 0.2) is 18.2 Å². The molecule has 18 heavy (non-hydrogen) atoms. The lowest BCUT2D eigenvalue weighted by atomic mass is 9.97. The van der Waals surface area contributed by atoms with Gasteiger partial charge in [0.25, 0.3) is 0 Å². The highest BCUT2D eigenvalue weighted by molar-refractivity contribution is 5.85. The molecule has 1 aromatic carbocycles. The molecule has 0 radical (unpaired) electrons. The normalized spacial score (nSPS) is 13.0. The van der Waals surface area contributed by atoms with E-state index in [1.165, 1.54) is 0 Å². The summed E-state index contributed by atoms with van der Waals surface area (Å²) < 4.78 is 50.7. The van der Waals surface area contributed by atoms with E-state index in [9.17, 15) is 17.6 Å². The van der Waals surface area contributed by atoms with Crippen LogP contribution in [0, 0.1) is 5.82 Å². The third kappa shape index (κ3) is 4.44. The third-order valence-corrected chi connectivity index (χ3v) is 2.39. The Hall–Kier alpha value is -0.850. The second-order valence-electron chi connectivity index (χ2n) is 3.70. The van der Waals surface area contributed by atoms with E-state index in [0.717, 1.165) is 12.1 Å². The number of benzene rings is 1. The van der Waals surface area contributed by atoms with Crippen molar-refractivity contribution in [2.75, 3.05) is 6.61 Å². The van der Waals surface area contributed by atoms with Crippen LogP contribution in [0.4, 0.5) is 17.6 Å². The summed E-state index contributed by atoms with van der Waals surface area (Å²) in [5.74, 6) is -0.949. The number of aliphatic hydroxyl groups is 1. The molecule has 1 atom stereocenters. The average molecular weight is 288 g/mol. The van der Waals surface area contributed by atoms with Crippen LogP contribution >= 0.6 is 12.4 Å². The van der Waals surface area contributed by atoms with E-state index < -0.39 is 23.6 Å². The maximum Gasteiger partial charge on any atom is 0.416 e. The Morgan fingerprint density at radius 1 is 1.28 bits per heavy atom. The molecule has 0 aliphatic rings. The van der Waals surface area contributed by atoms with Crippen molar-refractivity contribution in [1.82, 2.24) is 0 Å². The maximum atomic E-state index is 12.8. The predicted molar refractivity (Wildman–Crippen MR) is 61.9 cm³/mol. The lowest BCUT2D eigenvalue weighted by Gasteiger charge is -2.18. The number of nitrogens with two attached hydrogens (primary N) is 1. The minimum atomic E-state index is -4.63. The van der Waals surface area contributed by atoms with E-state index in [1.54, 1.807) is 0 Å². The van der Waals surface area contributed by atoms with E-state index in [0.29, 0.717) is 12.5 Å². The van der Waals surface area contributed by atoms with Crippen LogP contribution in [0.1, 0.15) is 30.0 Å². The second kappa shape index (κ2) is 6.92. The van der Waals surface area contributed by atoms with Gasteiger partial charge in [-0.05, 0) is 30.5 Å². The van der Waals surface area contributed by atoms with Gasteiger partial charge in [-0.2, -0.15) is 13.2 Å². The van der Waals surface area contributed by atoms with Gasteiger partial charge in [0.1, 0.15) is 5.82 Å². The van der Waals surface area contributed by atoms with Crippen LogP contribution in [-0.2, 0) is 6.18 Å². The number of halogens is 5. The van der Waals surface area contributed by atoms with E-state index in [1.807, 2.05) is 0 Å². The smallest absolute Gasteiger partial charge is 0.396 e. The van der Waals surface area contributed by atoms with Gasteiger partial charge in [-0.1, -0.05) is 6.07 Å². The third-order valence-electron chi connectivity index (χ3n) is 2.39. The van der Waals surface area contributed by atoms with Gasteiger partial charge in [-0.3, -0.25) is 0 Å². The highest BCUT2D eigenvalue weighted by Crippen LogP contribution is 2.35. The van der Waals surface area contributed by atoms with Crippen molar-refractivity contribution >= 4 is 12.4 Å². The Labute approximate surface area is 108 Å². The summed E-state index contributed by atoms with van der Waals surface area (Å²) >= 11 is 0. The van der Waals surface area contributed by atoms with Gasteiger partial charge >= 0.3 is 6.18 Å². The number of hydrogen-bond donors (Lipinski definition) is 2. The van der Waals surface area contributed by atoms with Crippen molar-refractivity contribution in [3.8, 4) is 0 Å². The van der Waals surface area contributed by atoms with Crippen molar-refractivity contribution in [2.45, 2.75) is 25.1 Å². The molecule has 2 nitrogen and oxygen atoms in total. The largest absolute Gasteiger partial charge is 0.416 e. The van der Waals surface area contributed by atoms with Crippen molar-refractivity contribution < 1.29 is 22.7 Å². The topological polar surface area (TPSA) is 46.2 Å². The van der Waals surface area contributed by atoms with E-state index >= 15 is 0 Å². The molecule has 3 N–H and O–H groups in total. The van der Waals surface area contributed by atoms with Gasteiger partial charge in [-0.15, -0.1) is 12.4 Å². The van der Waals surface area contributed by atoms with Crippen LogP contribution in [0.5, 0.6) is 0 Å². The lowest BCUT2D eigenvalue weighted by Crippen LogP contribution is -2.18. The summed E-state index contributed by atoms with van der Waals surface area (Å²) in [5, 5.41) is 8.60. The molecular weight excluding hydrogens is 274 g/mol. The van der Waals surface area contributed by atoms with Gasteiger partial charge in [0.15, 0.2) is 0 Å². The van der Waals surface area contributed by atoms with E-state index in [2.05, 4.69) is 0 Å². The molecule has 0 bridgehead atoms. The van der Waals surface area contributed by atoms with Gasteiger partial charge in [-0.25, -0.2) is 4.39 Å². The first-order valence-electron chi connectivity index (χ1n) is 5.09. The van der Waals surface area contributed by atoms with Crippen LogP contribution in [0.2, 0.25) is 0 Å². The van der Waals surface area contributed by atoms with Gasteiger partial charge in [0.2, 0.25) is 0 Å². The summed E-state index contributed by atoms with van der Waals surface area (Å²) in [5.41, 5.74) is 4.40. The molecule has 7 heteroatoms. The summed E-state index contributed by atoms with van der Waals surface area (Å²) in [6.45, 7) is -0.143. The number of hydrogen-bond acceptors (Lipinski definition) is 2. The molecule has 0 heterocycles. The zero-order valence-electron chi connectivity index (χ0n) is 9.38. The van der Waals surface area contributed by atoms with Crippen molar-refractivity contribution in [3.63, 3.8) is 0 Å². The molecular formula is C11H14ClF4NO. The minimum Gasteiger partial charge on any atom is -0.396 e. The molecule has 0 spiro atoms. The molecule has 1 aromatic rings. The Kier molecular flexibility index (Phi) is 6.59. The molecule has 0 saturated carbocycles. The fourth-order valence-corrected chi connectivity index (χ4v) is 1.56. The molecule has 1 rings (SSSR count). The first kappa shape index (κ1) is 17.2. The van der Waals surface area contributed by atoms with Crippen LogP contribution in [0.25, 0.3) is 0 Å². The number of aliphatic hydroxyl groups excluding tert-OH is 1. The zero-order chi connectivity index (χ0) is 13.1. The number of alkyl halides is 3. The second-order valence-corrected chi connectivity index (χ2v) is 3.70. The first-order valence-corrected chi connectivity index (χ1v) is 5.09. The lowest BCUT2D eigenvalue weighted by molar-refractivity contribution is -0.138. The SMILES string of the molecule is Cl.N[C@H](CCCO)c1ccc(F)cc1C(F)(F)F. The molecule has 0 amide bonds. The Bertz CT molecular complexity index is 384. The molecule has 0 saturated heterocycles. The maximum absolute atomic E-state index is 12.8. The summed E-state index contributed by atoms with van der Waals surface area (Å²) in [6, 6.07) is 1.57. The first-order chi connectivity index (χ1) is 7.86. The van der Waals surface area contributed by atoms with Gasteiger partial charge in [0.05, 0.1) is 5.56 Å². The molecule has 0 unspecified atom stereocenters. The highest BCUT2D eigenvalue weighted by Gasteiger charge is 2.34. The standard InChI is InChI=1S/C11H13F4NO.ClH/c12-7-3-4-8(10(16)2-1-5-17)9(6-7)11(13,14)15;/h3-4,6,10,17H,1-2,5,16H2;1H/t10-;/m1./s1. The molecule has 104 valence electrons. The van der Waals surface area contributed by atoms with Crippen LogP contribution in [-0.4, -0.2) is 11.7 Å². The zero-order valence-corrected chi connectivity index (χ0v) is 10.2. The fraction of sp³-hybridized carbons (Fsp3) is 0.455. The molecule has 0 fully saturated rings. The van der Waals surface area contributed by atoms with Crippen LogP contribution < -0.4 is 5.73 Å². The van der Waals surface area contributed by atoms with Crippen molar-refractivity contribution in [1.29, 1.82) is 0 Å². The van der Waals surface area contributed by atoms with Crippen molar-refractivity contribution in [2.24, 2.45) is 5.73 Å². The fourth-order valence-electron chi connectivity index (χ4n) is 1.56. The van der Waals surface area contributed by atoms with Crippen LogP contribution in [0.3, 0.4) is 0 Å². The Morgan fingerprint density at radius 2 is 1.89 bits per heavy atom. The Balaban J connectivity index is 0.00000289. The Morgan fingerprint density at radius 3 is 2.39 bits per heavy atom. The monoisotopic (exact) mass is 287 g/mol. The summed E-state index contributed by atoms with van der Waals surface area (Å²) in [7, 11) is 0. The summed E-state index contributed by atoms with van der Waals surface area (Å²) in [6.07, 6.45) is -4.12. The minimum absolute atomic E-state index is 0. The molecule has 0 aliphatic carbocycles. The average Bonchev–Trinajstić information content (AvgIpc) is 2.24. The predicted octanol–water partition coefficient (Wildman–Crippen LogP) is 3.04.